The summed E-state index contributed by atoms with van der Waals surface area (Å²) in [5.74, 6) is 0.362. The summed E-state index contributed by atoms with van der Waals surface area (Å²) in [6.45, 7) is 9.57. The van der Waals surface area contributed by atoms with Crippen molar-refractivity contribution < 1.29 is 19.4 Å². The van der Waals surface area contributed by atoms with Crippen LogP contribution in [0.4, 0.5) is 0 Å². The molecule has 0 aromatic heterocycles. The van der Waals surface area contributed by atoms with Crippen LogP contribution in [0.3, 0.4) is 0 Å². The van der Waals surface area contributed by atoms with E-state index in [1.165, 1.54) is 116 Å². The van der Waals surface area contributed by atoms with Crippen molar-refractivity contribution in [3.8, 4) is 0 Å². The maximum Gasteiger partial charge on any atom is 0.333 e. The molecule has 6 fully saturated rings. The van der Waals surface area contributed by atoms with Gasteiger partial charge in [-0.2, -0.15) is 0 Å². The maximum atomic E-state index is 11.7. The Hall–Kier alpha value is -1.16. The molecule has 4 heteroatoms. The zero-order chi connectivity index (χ0) is 26.8. The standard InChI is InChI=1S/C14H22O2.C10H18O.C9H14O/c1-11(2)12(15)16-13(3)7-6-10-14(13)8-4-5-9-14;1-9(11)5-4-8-10(9)6-2-3-7-10;10-8-4-3-7-9(8)5-1-2-6-9/h1,4-10H2,2-3H3;11H,2-8H2,1H3;1-7H2. The summed E-state index contributed by atoms with van der Waals surface area (Å²) < 4.78 is 5.76. The maximum absolute atomic E-state index is 11.7. The summed E-state index contributed by atoms with van der Waals surface area (Å²) >= 11 is 0. The molecular formula is C33H54O4. The molecule has 3 spiro atoms. The third kappa shape index (κ3) is 5.61. The molecule has 0 aliphatic heterocycles. The Morgan fingerprint density at radius 2 is 1.16 bits per heavy atom. The van der Waals surface area contributed by atoms with E-state index in [1.807, 2.05) is 6.92 Å². The summed E-state index contributed by atoms with van der Waals surface area (Å²) in [5.41, 5.74) is 0.773. The van der Waals surface area contributed by atoms with Gasteiger partial charge in [0.15, 0.2) is 0 Å². The smallest absolute Gasteiger partial charge is 0.333 e. The summed E-state index contributed by atoms with van der Waals surface area (Å²) in [7, 11) is 0. The Morgan fingerprint density at radius 3 is 1.65 bits per heavy atom. The zero-order valence-corrected chi connectivity index (χ0v) is 24.2. The molecule has 210 valence electrons. The second-order valence-corrected chi connectivity index (χ2v) is 14.1. The molecule has 0 saturated heterocycles. The first kappa shape index (κ1) is 28.8. The largest absolute Gasteiger partial charge is 0.455 e. The zero-order valence-electron chi connectivity index (χ0n) is 24.2. The molecule has 6 aliphatic rings. The van der Waals surface area contributed by atoms with Gasteiger partial charge in [-0.15, -0.1) is 0 Å². The van der Waals surface area contributed by atoms with Gasteiger partial charge >= 0.3 is 5.97 Å². The van der Waals surface area contributed by atoms with Crippen molar-refractivity contribution in [3.63, 3.8) is 0 Å². The van der Waals surface area contributed by atoms with Crippen LogP contribution in [0.2, 0.25) is 0 Å². The second-order valence-electron chi connectivity index (χ2n) is 14.1. The fourth-order valence-corrected chi connectivity index (χ4v) is 9.29. The topological polar surface area (TPSA) is 63.6 Å². The minimum absolute atomic E-state index is 0.208. The predicted octanol–water partition coefficient (Wildman–Crippen LogP) is 8.39. The molecule has 37 heavy (non-hydrogen) atoms. The Morgan fingerprint density at radius 1 is 0.703 bits per heavy atom. The highest BCUT2D eigenvalue weighted by atomic mass is 16.6. The molecule has 1 N–H and O–H groups in total. The highest BCUT2D eigenvalue weighted by Crippen LogP contribution is 2.58. The minimum atomic E-state index is -0.330. The summed E-state index contributed by atoms with van der Waals surface area (Å²) in [4.78, 5) is 23.1. The number of carbonyl (C=O) groups is 2. The molecule has 0 heterocycles. The molecule has 0 aromatic carbocycles. The van der Waals surface area contributed by atoms with Gasteiger partial charge in [0.05, 0.1) is 5.60 Å². The number of Topliss-reactive ketones (excluding diaryl/α,β-unsaturated/α-hetero) is 1. The van der Waals surface area contributed by atoms with Gasteiger partial charge in [-0.3, -0.25) is 4.79 Å². The van der Waals surface area contributed by atoms with E-state index in [9.17, 15) is 14.7 Å². The number of aliphatic hydroxyl groups is 1. The van der Waals surface area contributed by atoms with Gasteiger partial charge in [-0.25, -0.2) is 4.79 Å². The van der Waals surface area contributed by atoms with E-state index in [-0.39, 0.29) is 28.0 Å². The van der Waals surface area contributed by atoms with Crippen molar-refractivity contribution in [3.05, 3.63) is 12.2 Å². The molecule has 0 amide bonds. The molecule has 6 aliphatic carbocycles. The Balaban J connectivity index is 0.000000134. The van der Waals surface area contributed by atoms with Gasteiger partial charge < -0.3 is 9.84 Å². The lowest BCUT2D eigenvalue weighted by molar-refractivity contribution is -0.164. The van der Waals surface area contributed by atoms with E-state index in [0.29, 0.717) is 16.8 Å². The van der Waals surface area contributed by atoms with Crippen molar-refractivity contribution in [2.45, 2.75) is 167 Å². The van der Waals surface area contributed by atoms with Crippen LogP contribution in [0.5, 0.6) is 0 Å². The average molecular weight is 515 g/mol. The van der Waals surface area contributed by atoms with Crippen LogP contribution in [0.15, 0.2) is 12.2 Å². The van der Waals surface area contributed by atoms with Gasteiger partial charge in [-0.1, -0.05) is 45.1 Å². The number of ketones is 1. The van der Waals surface area contributed by atoms with E-state index in [4.69, 9.17) is 4.74 Å². The Labute approximate surface area is 226 Å². The average Bonchev–Trinajstić information content (AvgIpc) is 3.68. The highest BCUT2D eigenvalue weighted by Gasteiger charge is 2.55. The lowest BCUT2D eigenvalue weighted by Gasteiger charge is -2.40. The van der Waals surface area contributed by atoms with E-state index in [1.54, 1.807) is 6.92 Å². The monoisotopic (exact) mass is 514 g/mol. The van der Waals surface area contributed by atoms with Crippen molar-refractivity contribution in [2.75, 3.05) is 0 Å². The summed E-state index contributed by atoms with van der Waals surface area (Å²) in [5, 5.41) is 10.1. The number of ether oxygens (including phenoxy) is 1. The van der Waals surface area contributed by atoms with Gasteiger partial charge in [0.2, 0.25) is 0 Å². The van der Waals surface area contributed by atoms with E-state index in [2.05, 4.69) is 13.5 Å². The quantitative estimate of drug-likeness (QED) is 0.297. The molecule has 4 nitrogen and oxygen atoms in total. The number of hydrogen-bond donors (Lipinski definition) is 1. The van der Waals surface area contributed by atoms with E-state index < -0.39 is 0 Å². The lowest BCUT2D eigenvalue weighted by Crippen LogP contribution is -2.43. The van der Waals surface area contributed by atoms with Crippen LogP contribution in [0, 0.1) is 16.2 Å². The Kier molecular flexibility index (Phi) is 8.68. The summed E-state index contributed by atoms with van der Waals surface area (Å²) in [6.07, 6.45) is 25.5. The molecule has 6 rings (SSSR count). The fourth-order valence-electron chi connectivity index (χ4n) is 9.29. The van der Waals surface area contributed by atoms with Crippen molar-refractivity contribution in [1.29, 1.82) is 0 Å². The van der Waals surface area contributed by atoms with Crippen molar-refractivity contribution >= 4 is 11.8 Å². The number of rotatable bonds is 2. The Bertz CT molecular complexity index is 820. The molecule has 2 unspecified atom stereocenters. The first-order valence-electron chi connectivity index (χ1n) is 15.6. The molecule has 2 atom stereocenters. The molecule has 0 bridgehead atoms. The van der Waals surface area contributed by atoms with Crippen LogP contribution in [-0.2, 0) is 14.3 Å². The first-order chi connectivity index (χ1) is 17.5. The van der Waals surface area contributed by atoms with Crippen LogP contribution in [0.1, 0.15) is 156 Å². The second kappa shape index (κ2) is 11.1. The van der Waals surface area contributed by atoms with E-state index in [0.717, 1.165) is 19.3 Å². The lowest BCUT2D eigenvalue weighted by atomic mass is 9.74. The van der Waals surface area contributed by atoms with Crippen LogP contribution >= 0.6 is 0 Å². The first-order valence-corrected chi connectivity index (χ1v) is 15.6. The van der Waals surface area contributed by atoms with Crippen LogP contribution in [0.25, 0.3) is 0 Å². The van der Waals surface area contributed by atoms with Gasteiger partial charge in [0.25, 0.3) is 0 Å². The van der Waals surface area contributed by atoms with Gasteiger partial charge in [0.1, 0.15) is 11.4 Å². The van der Waals surface area contributed by atoms with E-state index >= 15 is 0 Å². The third-order valence-corrected chi connectivity index (χ3v) is 11.9. The van der Waals surface area contributed by atoms with Crippen LogP contribution < -0.4 is 0 Å². The van der Waals surface area contributed by atoms with Crippen LogP contribution in [-0.4, -0.2) is 28.1 Å². The molecule has 6 saturated carbocycles. The fraction of sp³-hybridized carbons (Fsp3) is 0.879. The van der Waals surface area contributed by atoms with Gasteiger partial charge in [0, 0.05) is 22.8 Å². The molecule has 0 radical (unpaired) electrons. The van der Waals surface area contributed by atoms with Gasteiger partial charge in [-0.05, 0) is 116 Å². The predicted molar refractivity (Wildman–Crippen MR) is 149 cm³/mol. The number of carbonyl (C=O) groups excluding carboxylic acids is 2. The van der Waals surface area contributed by atoms with Crippen molar-refractivity contribution in [2.24, 2.45) is 16.2 Å². The highest BCUT2D eigenvalue weighted by molar-refractivity contribution is 5.87. The molecular weight excluding hydrogens is 460 g/mol. The third-order valence-electron chi connectivity index (χ3n) is 11.9. The normalized spacial score (nSPS) is 34.4. The van der Waals surface area contributed by atoms with Crippen molar-refractivity contribution in [1.82, 2.24) is 0 Å². The SMILES string of the molecule is C=C(C)C(=O)OC1(C)CCCC12CCCC2.CC1(O)CCCC12CCCC2.O=C1CCCC12CCCC2. The number of hydrogen-bond acceptors (Lipinski definition) is 4. The minimum Gasteiger partial charge on any atom is -0.455 e. The summed E-state index contributed by atoms with van der Waals surface area (Å²) in [6, 6.07) is 0. The number of esters is 1. The molecule has 0 aromatic rings.